The zero-order valence-corrected chi connectivity index (χ0v) is 12.2. The lowest BCUT2D eigenvalue weighted by atomic mass is 10.1. The van der Waals surface area contributed by atoms with E-state index in [0.29, 0.717) is 5.56 Å². The van der Waals surface area contributed by atoms with E-state index >= 15 is 0 Å². The van der Waals surface area contributed by atoms with Crippen molar-refractivity contribution >= 4 is 0 Å². The van der Waals surface area contributed by atoms with E-state index in [1.54, 1.807) is 31.2 Å². The first-order chi connectivity index (χ1) is 11.4. The number of nitrogens with zero attached hydrogens (tertiary/aromatic N) is 4. The van der Waals surface area contributed by atoms with Crippen LogP contribution in [0.1, 0.15) is 11.1 Å². The monoisotopic (exact) mass is 340 g/mol. The quantitative estimate of drug-likeness (QED) is 0.417. The van der Waals surface area contributed by atoms with Crippen molar-refractivity contribution in [1.82, 2.24) is 20.2 Å². The minimum atomic E-state index is -2.21. The molecule has 0 N–H and O–H groups in total. The summed E-state index contributed by atoms with van der Waals surface area (Å²) in [5, 5.41) is 11.3. The van der Waals surface area contributed by atoms with Crippen LogP contribution in [0.25, 0.3) is 11.4 Å². The van der Waals surface area contributed by atoms with Gasteiger partial charge in [0.2, 0.25) is 11.6 Å². The molecule has 0 aliphatic heterocycles. The van der Waals surface area contributed by atoms with Gasteiger partial charge in [0.15, 0.2) is 23.3 Å². The second kappa shape index (κ2) is 5.99. The van der Waals surface area contributed by atoms with Crippen molar-refractivity contribution in [2.75, 3.05) is 0 Å². The first kappa shape index (κ1) is 16.0. The third-order valence-corrected chi connectivity index (χ3v) is 3.44. The highest BCUT2D eigenvalue weighted by Crippen LogP contribution is 2.24. The molecule has 4 nitrogen and oxygen atoms in total. The molecule has 0 saturated heterocycles. The highest BCUT2D eigenvalue weighted by molar-refractivity contribution is 5.58. The van der Waals surface area contributed by atoms with Gasteiger partial charge in [-0.2, -0.15) is 4.80 Å². The maximum absolute atomic E-state index is 13.7. The van der Waals surface area contributed by atoms with E-state index in [9.17, 15) is 22.0 Å². The molecule has 0 aliphatic carbocycles. The van der Waals surface area contributed by atoms with Gasteiger partial charge in [-0.1, -0.05) is 24.3 Å². The molecule has 0 spiro atoms. The smallest absolute Gasteiger partial charge is 0.203 e. The molecule has 1 aromatic heterocycles. The van der Waals surface area contributed by atoms with Gasteiger partial charge in [-0.25, -0.2) is 22.0 Å². The van der Waals surface area contributed by atoms with Crippen molar-refractivity contribution in [2.45, 2.75) is 13.5 Å². The van der Waals surface area contributed by atoms with Gasteiger partial charge in [0.1, 0.15) is 0 Å². The minimum absolute atomic E-state index is 0.178. The van der Waals surface area contributed by atoms with Crippen molar-refractivity contribution in [3.8, 4) is 11.4 Å². The van der Waals surface area contributed by atoms with Crippen LogP contribution >= 0.6 is 0 Å². The normalized spacial score (nSPS) is 11.1. The summed E-state index contributed by atoms with van der Waals surface area (Å²) in [6.45, 7) is 1.06. The maximum Gasteiger partial charge on any atom is 0.205 e. The summed E-state index contributed by atoms with van der Waals surface area (Å²) in [6, 6.07) is 7.07. The lowest BCUT2D eigenvalue weighted by molar-refractivity contribution is 0.364. The molecule has 124 valence electrons. The second-order valence-electron chi connectivity index (χ2n) is 5.01. The number of rotatable bonds is 3. The predicted molar refractivity (Wildman–Crippen MR) is 73.3 cm³/mol. The summed E-state index contributed by atoms with van der Waals surface area (Å²) in [5.74, 6) is -9.88. The molecule has 2 aromatic carbocycles. The fourth-order valence-electron chi connectivity index (χ4n) is 2.17. The molecule has 24 heavy (non-hydrogen) atoms. The van der Waals surface area contributed by atoms with E-state index in [1.807, 2.05) is 0 Å². The molecule has 0 bridgehead atoms. The standard InChI is InChI=1S/C15H9F5N4/c1-7-4-2-3-5-8(7)15-21-23-24(22-15)6-9-10(16)12(18)14(20)13(19)11(9)17/h2-5H,6H2,1H3. The van der Waals surface area contributed by atoms with Crippen LogP contribution in [0.5, 0.6) is 0 Å². The molecule has 3 aromatic rings. The highest BCUT2D eigenvalue weighted by atomic mass is 19.2. The molecule has 3 rings (SSSR count). The summed E-state index contributed by atoms with van der Waals surface area (Å²) < 4.78 is 66.8. The maximum atomic E-state index is 13.7. The van der Waals surface area contributed by atoms with Gasteiger partial charge in [-0.15, -0.1) is 10.2 Å². The van der Waals surface area contributed by atoms with Crippen LogP contribution in [0, 0.1) is 36.0 Å². The van der Waals surface area contributed by atoms with Gasteiger partial charge < -0.3 is 0 Å². The van der Waals surface area contributed by atoms with E-state index < -0.39 is 41.2 Å². The average Bonchev–Trinajstić information content (AvgIpc) is 3.04. The number of halogens is 5. The van der Waals surface area contributed by atoms with Crippen LogP contribution in [0.4, 0.5) is 22.0 Å². The Hall–Kier alpha value is -2.84. The number of hydrogen-bond acceptors (Lipinski definition) is 3. The molecular weight excluding hydrogens is 331 g/mol. The van der Waals surface area contributed by atoms with Crippen LogP contribution in [0.2, 0.25) is 0 Å². The topological polar surface area (TPSA) is 43.6 Å². The Morgan fingerprint density at radius 1 is 0.875 bits per heavy atom. The number of aryl methyl sites for hydroxylation is 1. The van der Waals surface area contributed by atoms with Gasteiger partial charge in [0.05, 0.1) is 12.1 Å². The molecule has 0 radical (unpaired) electrons. The van der Waals surface area contributed by atoms with Crippen molar-refractivity contribution in [3.05, 3.63) is 64.5 Å². The van der Waals surface area contributed by atoms with Crippen LogP contribution in [-0.2, 0) is 6.54 Å². The molecule has 0 amide bonds. The molecule has 1 heterocycles. The third-order valence-electron chi connectivity index (χ3n) is 3.44. The molecule has 0 fully saturated rings. The van der Waals surface area contributed by atoms with Crippen LogP contribution < -0.4 is 0 Å². The van der Waals surface area contributed by atoms with Gasteiger partial charge in [-0.3, -0.25) is 0 Å². The van der Waals surface area contributed by atoms with E-state index in [4.69, 9.17) is 0 Å². The Morgan fingerprint density at radius 3 is 2.08 bits per heavy atom. The Kier molecular flexibility index (Phi) is 4.00. The molecule has 0 saturated carbocycles. The average molecular weight is 340 g/mol. The number of aromatic nitrogens is 4. The highest BCUT2D eigenvalue weighted by Gasteiger charge is 2.26. The van der Waals surface area contributed by atoms with Crippen LogP contribution in [0.3, 0.4) is 0 Å². The van der Waals surface area contributed by atoms with Gasteiger partial charge in [-0.05, 0) is 17.7 Å². The van der Waals surface area contributed by atoms with Gasteiger partial charge >= 0.3 is 0 Å². The fourth-order valence-corrected chi connectivity index (χ4v) is 2.17. The Bertz CT molecular complexity index is 893. The second-order valence-corrected chi connectivity index (χ2v) is 5.01. The van der Waals surface area contributed by atoms with E-state index in [1.165, 1.54) is 0 Å². The van der Waals surface area contributed by atoms with Crippen molar-refractivity contribution in [1.29, 1.82) is 0 Å². The SMILES string of the molecule is Cc1ccccc1-c1nnn(Cc2c(F)c(F)c(F)c(F)c2F)n1. The molecule has 0 aliphatic rings. The van der Waals surface area contributed by atoms with Crippen molar-refractivity contribution < 1.29 is 22.0 Å². The number of hydrogen-bond donors (Lipinski definition) is 0. The zero-order valence-electron chi connectivity index (χ0n) is 12.2. The lowest BCUT2D eigenvalue weighted by Crippen LogP contribution is -2.13. The Balaban J connectivity index is 1.98. The molecule has 0 atom stereocenters. The van der Waals surface area contributed by atoms with Gasteiger partial charge in [0, 0.05) is 5.56 Å². The Labute approximate surface area is 132 Å². The van der Waals surface area contributed by atoms with E-state index in [-0.39, 0.29) is 5.82 Å². The summed E-state index contributed by atoms with van der Waals surface area (Å²) in [4.78, 5) is 0.764. The first-order valence-corrected chi connectivity index (χ1v) is 6.74. The molecule has 0 unspecified atom stereocenters. The third kappa shape index (κ3) is 2.61. The largest absolute Gasteiger partial charge is 0.205 e. The van der Waals surface area contributed by atoms with Gasteiger partial charge in [0.25, 0.3) is 0 Å². The van der Waals surface area contributed by atoms with Crippen molar-refractivity contribution in [2.24, 2.45) is 0 Å². The first-order valence-electron chi connectivity index (χ1n) is 6.74. The Morgan fingerprint density at radius 2 is 1.46 bits per heavy atom. The zero-order chi connectivity index (χ0) is 17.4. The summed E-state index contributed by atoms with van der Waals surface area (Å²) in [7, 11) is 0. The predicted octanol–water partition coefficient (Wildman–Crippen LogP) is 3.39. The fraction of sp³-hybridized carbons (Fsp3) is 0.133. The van der Waals surface area contributed by atoms with Crippen LogP contribution in [-0.4, -0.2) is 20.2 Å². The lowest BCUT2D eigenvalue weighted by Gasteiger charge is -2.07. The summed E-state index contributed by atoms with van der Waals surface area (Å²) in [6.07, 6.45) is 0. The number of benzene rings is 2. The van der Waals surface area contributed by atoms with E-state index in [0.717, 1.165) is 10.4 Å². The minimum Gasteiger partial charge on any atom is -0.203 e. The van der Waals surface area contributed by atoms with Crippen molar-refractivity contribution in [3.63, 3.8) is 0 Å². The number of tetrazole rings is 1. The van der Waals surface area contributed by atoms with E-state index in [2.05, 4.69) is 15.4 Å². The molecule has 9 heteroatoms. The van der Waals surface area contributed by atoms with Crippen LogP contribution in [0.15, 0.2) is 24.3 Å². The molecular formula is C15H9F5N4. The summed E-state index contributed by atoms with van der Waals surface area (Å²) in [5.41, 5.74) is 0.453. The summed E-state index contributed by atoms with van der Waals surface area (Å²) >= 11 is 0.